The molecule has 1 aliphatic rings. The monoisotopic (exact) mass is 406 g/mol. The molecule has 4 heterocycles. The minimum absolute atomic E-state index is 0.0445. The third-order valence-corrected chi connectivity index (χ3v) is 6.02. The minimum atomic E-state index is 0.0445. The van der Waals surface area contributed by atoms with Crippen LogP contribution < -0.4 is 5.32 Å². The maximum absolute atomic E-state index is 12.9. The highest BCUT2D eigenvalue weighted by Gasteiger charge is 2.26. The van der Waals surface area contributed by atoms with E-state index in [-0.39, 0.29) is 5.91 Å². The van der Waals surface area contributed by atoms with Crippen molar-refractivity contribution in [2.45, 2.75) is 25.9 Å². The molecule has 0 radical (unpaired) electrons. The molecule has 148 valence electrons. The van der Waals surface area contributed by atoms with E-state index in [0.29, 0.717) is 18.8 Å². The van der Waals surface area contributed by atoms with Crippen LogP contribution in [0.4, 0.5) is 0 Å². The predicted octanol–water partition coefficient (Wildman–Crippen LogP) is 3.31. The van der Waals surface area contributed by atoms with Crippen LogP contribution in [-0.2, 0) is 13.1 Å². The molecule has 29 heavy (non-hydrogen) atoms. The number of likely N-dealkylation sites (tertiary alicyclic amines) is 1. The Bertz CT molecular complexity index is 1120. The van der Waals surface area contributed by atoms with Crippen molar-refractivity contribution in [3.8, 4) is 11.3 Å². The molecular formula is C21H22N6OS. The number of nitrogens with one attached hydrogen (secondary N) is 2. The summed E-state index contributed by atoms with van der Waals surface area (Å²) in [4.78, 5) is 20.3. The van der Waals surface area contributed by atoms with Gasteiger partial charge in [-0.15, -0.1) is 11.3 Å². The first kappa shape index (κ1) is 18.1. The lowest BCUT2D eigenvalue weighted by molar-refractivity contribution is 0.0786. The van der Waals surface area contributed by atoms with Gasteiger partial charge in [-0.25, -0.2) is 4.98 Å². The van der Waals surface area contributed by atoms with Crippen LogP contribution in [-0.4, -0.2) is 43.5 Å². The van der Waals surface area contributed by atoms with Gasteiger partial charge in [0, 0.05) is 49.0 Å². The van der Waals surface area contributed by atoms with Crippen molar-refractivity contribution in [1.29, 1.82) is 0 Å². The molecule has 0 unspecified atom stereocenters. The van der Waals surface area contributed by atoms with Crippen LogP contribution in [0.15, 0.2) is 48.0 Å². The number of hydrogen-bond donors (Lipinski definition) is 2. The Morgan fingerprint density at radius 2 is 2.00 bits per heavy atom. The molecule has 1 aromatic carbocycles. The second kappa shape index (κ2) is 7.81. The van der Waals surface area contributed by atoms with Gasteiger partial charge in [0.25, 0.3) is 5.91 Å². The van der Waals surface area contributed by atoms with Crippen LogP contribution in [0.25, 0.3) is 16.2 Å². The fourth-order valence-electron chi connectivity index (χ4n) is 3.77. The molecule has 1 amide bonds. The Hall–Kier alpha value is -2.97. The molecule has 5 rings (SSSR count). The molecule has 3 aromatic heterocycles. The number of rotatable bonds is 6. The Labute approximate surface area is 172 Å². The zero-order valence-electron chi connectivity index (χ0n) is 16.0. The number of carbonyl (C=O) groups excluding carboxylic acids is 1. The van der Waals surface area contributed by atoms with E-state index in [4.69, 9.17) is 0 Å². The van der Waals surface area contributed by atoms with E-state index in [1.807, 2.05) is 51.2 Å². The second-order valence-corrected chi connectivity index (χ2v) is 8.08. The number of aromatic amines is 1. The Balaban J connectivity index is 1.31. The number of carbonyl (C=O) groups is 1. The fraction of sp³-hybridized carbons (Fsp3) is 0.286. The highest BCUT2D eigenvalue weighted by Crippen LogP contribution is 2.21. The van der Waals surface area contributed by atoms with Gasteiger partial charge in [0.05, 0.1) is 11.4 Å². The van der Waals surface area contributed by atoms with Gasteiger partial charge in [0.2, 0.25) is 0 Å². The highest BCUT2D eigenvalue weighted by molar-refractivity contribution is 7.15. The topological polar surface area (TPSA) is 78.3 Å². The van der Waals surface area contributed by atoms with Crippen LogP contribution >= 0.6 is 11.3 Å². The zero-order chi connectivity index (χ0) is 19.6. The maximum atomic E-state index is 12.9. The first-order valence-electron chi connectivity index (χ1n) is 9.84. The van der Waals surface area contributed by atoms with Crippen molar-refractivity contribution in [3.05, 3.63) is 65.1 Å². The van der Waals surface area contributed by atoms with E-state index in [1.165, 1.54) is 0 Å². The molecule has 0 atom stereocenters. The van der Waals surface area contributed by atoms with Crippen LogP contribution in [0.2, 0.25) is 0 Å². The number of fused-ring (bicyclic) bond motifs is 1. The normalized spacial score (nSPS) is 14.1. The summed E-state index contributed by atoms with van der Waals surface area (Å²) in [6, 6.07) is 12.1. The second-order valence-electron chi connectivity index (χ2n) is 7.21. The molecule has 1 fully saturated rings. The van der Waals surface area contributed by atoms with Crippen molar-refractivity contribution >= 4 is 22.2 Å². The van der Waals surface area contributed by atoms with Gasteiger partial charge in [-0.3, -0.25) is 14.3 Å². The maximum Gasteiger partial charge on any atom is 0.274 e. The average Bonchev–Trinajstić information content (AvgIpc) is 3.53. The number of benzene rings is 1. The SMILES string of the molecule is O=C(c1nc2sccn2c1CNCc1cc(-c2ccccc2)n[nH]1)N1CCCC1. The van der Waals surface area contributed by atoms with Gasteiger partial charge in [-0.2, -0.15) is 5.10 Å². The van der Waals surface area contributed by atoms with E-state index in [2.05, 4.69) is 26.6 Å². The standard InChI is InChI=1S/C21H22N6OS/c28-20(26-8-4-5-9-26)19-18(27-10-11-29-21(27)23-19)14-22-13-16-12-17(25-24-16)15-6-2-1-3-7-15/h1-3,6-7,10-12,22H,4-5,8-9,13-14H2,(H,24,25). The number of hydrogen-bond acceptors (Lipinski definition) is 5. The molecular weight excluding hydrogens is 384 g/mol. The van der Waals surface area contributed by atoms with Gasteiger partial charge < -0.3 is 10.2 Å². The molecule has 8 heteroatoms. The fourth-order valence-corrected chi connectivity index (χ4v) is 4.50. The zero-order valence-corrected chi connectivity index (χ0v) is 16.8. The van der Waals surface area contributed by atoms with E-state index >= 15 is 0 Å². The van der Waals surface area contributed by atoms with E-state index in [1.54, 1.807) is 11.3 Å². The lowest BCUT2D eigenvalue weighted by atomic mass is 10.1. The first-order valence-corrected chi connectivity index (χ1v) is 10.7. The third kappa shape index (κ3) is 3.56. The molecule has 4 aromatic rings. The molecule has 7 nitrogen and oxygen atoms in total. The molecule has 1 aliphatic heterocycles. The summed E-state index contributed by atoms with van der Waals surface area (Å²) < 4.78 is 2.02. The van der Waals surface area contributed by atoms with E-state index in [0.717, 1.165) is 53.5 Å². The highest BCUT2D eigenvalue weighted by atomic mass is 32.1. The molecule has 1 saturated heterocycles. The summed E-state index contributed by atoms with van der Waals surface area (Å²) in [5, 5.41) is 12.9. The van der Waals surface area contributed by atoms with Gasteiger partial charge in [0.15, 0.2) is 10.7 Å². The number of thiazole rings is 1. The molecule has 0 saturated carbocycles. The molecule has 2 N–H and O–H groups in total. The summed E-state index contributed by atoms with van der Waals surface area (Å²) >= 11 is 1.55. The van der Waals surface area contributed by atoms with Gasteiger partial charge in [0.1, 0.15) is 0 Å². The summed E-state index contributed by atoms with van der Waals surface area (Å²) in [7, 11) is 0. The molecule has 0 aliphatic carbocycles. The van der Waals surface area contributed by atoms with E-state index in [9.17, 15) is 4.79 Å². The summed E-state index contributed by atoms with van der Waals surface area (Å²) in [5.74, 6) is 0.0445. The van der Waals surface area contributed by atoms with Gasteiger partial charge in [-0.1, -0.05) is 30.3 Å². The average molecular weight is 407 g/mol. The van der Waals surface area contributed by atoms with Gasteiger partial charge >= 0.3 is 0 Å². The van der Waals surface area contributed by atoms with Crippen molar-refractivity contribution in [2.24, 2.45) is 0 Å². The van der Waals surface area contributed by atoms with Crippen LogP contribution in [0, 0.1) is 0 Å². The minimum Gasteiger partial charge on any atom is -0.337 e. The van der Waals surface area contributed by atoms with E-state index < -0.39 is 0 Å². The smallest absolute Gasteiger partial charge is 0.274 e. The lowest BCUT2D eigenvalue weighted by Gasteiger charge is -2.14. The molecule has 0 spiro atoms. The number of H-pyrrole nitrogens is 1. The van der Waals surface area contributed by atoms with Crippen LogP contribution in [0.5, 0.6) is 0 Å². The number of aromatic nitrogens is 4. The third-order valence-electron chi connectivity index (χ3n) is 5.27. The Morgan fingerprint density at radius 1 is 1.17 bits per heavy atom. The Kier molecular flexibility index (Phi) is 4.87. The van der Waals surface area contributed by atoms with Gasteiger partial charge in [-0.05, 0) is 18.9 Å². The lowest BCUT2D eigenvalue weighted by Crippen LogP contribution is -2.29. The largest absolute Gasteiger partial charge is 0.337 e. The van der Waals surface area contributed by atoms with Crippen molar-refractivity contribution < 1.29 is 4.79 Å². The predicted molar refractivity (Wildman–Crippen MR) is 113 cm³/mol. The van der Waals surface area contributed by atoms with Crippen LogP contribution in [0.1, 0.15) is 34.7 Å². The van der Waals surface area contributed by atoms with Crippen molar-refractivity contribution in [3.63, 3.8) is 0 Å². The van der Waals surface area contributed by atoms with Crippen molar-refractivity contribution in [1.82, 2.24) is 29.8 Å². The van der Waals surface area contributed by atoms with Crippen LogP contribution in [0.3, 0.4) is 0 Å². The summed E-state index contributed by atoms with van der Waals surface area (Å²) in [6.45, 7) is 2.85. The molecule has 0 bridgehead atoms. The quantitative estimate of drug-likeness (QED) is 0.515. The summed E-state index contributed by atoms with van der Waals surface area (Å²) in [5.41, 5.74) is 4.50. The Morgan fingerprint density at radius 3 is 2.83 bits per heavy atom. The van der Waals surface area contributed by atoms with Crippen molar-refractivity contribution in [2.75, 3.05) is 13.1 Å². The number of imidazole rings is 1. The first-order chi connectivity index (χ1) is 14.3. The number of amides is 1. The summed E-state index contributed by atoms with van der Waals surface area (Å²) in [6.07, 6.45) is 4.13. The number of nitrogens with zero attached hydrogens (tertiary/aromatic N) is 4.